The highest BCUT2D eigenvalue weighted by atomic mass is 35.5. The van der Waals surface area contributed by atoms with Crippen LogP contribution in [0.4, 0.5) is 8.78 Å². The quantitative estimate of drug-likeness (QED) is 0.544. The van der Waals surface area contributed by atoms with Gasteiger partial charge in [-0.1, -0.05) is 24.3 Å². The Labute approximate surface area is 116 Å². The van der Waals surface area contributed by atoms with E-state index < -0.39 is 11.6 Å². The summed E-state index contributed by atoms with van der Waals surface area (Å²) in [5.41, 5.74) is 3.23. The lowest BCUT2D eigenvalue weighted by Gasteiger charge is -2.07. The number of halogens is 3. The van der Waals surface area contributed by atoms with Gasteiger partial charge in [0.1, 0.15) is 11.6 Å². The van der Waals surface area contributed by atoms with Crippen molar-refractivity contribution in [2.75, 3.05) is 5.88 Å². The second-order valence-corrected chi connectivity index (χ2v) is 4.59. The van der Waals surface area contributed by atoms with Crippen molar-refractivity contribution in [1.82, 2.24) is 0 Å². The van der Waals surface area contributed by atoms with Crippen LogP contribution in [0, 0.1) is 18.6 Å². The molecule has 2 aromatic rings. The fourth-order valence-electron chi connectivity index (χ4n) is 1.87. The summed E-state index contributed by atoms with van der Waals surface area (Å²) in [4.78, 5) is 0. The Balaban J connectivity index is 2.47. The molecular formula is C16H13ClF2. The van der Waals surface area contributed by atoms with Crippen molar-refractivity contribution in [3.8, 4) is 0 Å². The SMILES string of the molecule is Cc1ccccc1C=C(CCl)c1cc(F)cc(F)c1. The van der Waals surface area contributed by atoms with E-state index in [9.17, 15) is 8.78 Å². The summed E-state index contributed by atoms with van der Waals surface area (Å²) in [5.74, 6) is -1.01. The van der Waals surface area contributed by atoms with Crippen molar-refractivity contribution in [1.29, 1.82) is 0 Å². The van der Waals surface area contributed by atoms with Crippen LogP contribution in [0.1, 0.15) is 16.7 Å². The third kappa shape index (κ3) is 3.42. The summed E-state index contributed by atoms with van der Waals surface area (Å²) in [7, 11) is 0. The zero-order valence-electron chi connectivity index (χ0n) is 10.5. The van der Waals surface area contributed by atoms with Crippen molar-refractivity contribution in [2.45, 2.75) is 6.92 Å². The van der Waals surface area contributed by atoms with E-state index in [-0.39, 0.29) is 5.88 Å². The molecule has 0 bridgehead atoms. The van der Waals surface area contributed by atoms with Gasteiger partial charge in [0.05, 0.1) is 0 Å². The molecule has 0 aliphatic carbocycles. The molecule has 0 nitrogen and oxygen atoms in total. The molecule has 2 aromatic carbocycles. The van der Waals surface area contributed by atoms with E-state index in [1.165, 1.54) is 12.1 Å². The van der Waals surface area contributed by atoms with Crippen LogP contribution in [0.3, 0.4) is 0 Å². The van der Waals surface area contributed by atoms with Crippen molar-refractivity contribution in [2.24, 2.45) is 0 Å². The molecule has 0 spiro atoms. The molecule has 0 radical (unpaired) electrons. The second kappa shape index (κ2) is 5.98. The summed E-state index contributed by atoms with van der Waals surface area (Å²) >= 11 is 5.90. The van der Waals surface area contributed by atoms with Crippen molar-refractivity contribution in [3.05, 3.63) is 70.8 Å². The van der Waals surface area contributed by atoms with Crippen LogP contribution in [0.2, 0.25) is 0 Å². The van der Waals surface area contributed by atoms with Crippen LogP contribution >= 0.6 is 11.6 Å². The minimum atomic E-state index is -0.601. The van der Waals surface area contributed by atoms with E-state index in [0.29, 0.717) is 11.1 Å². The molecule has 0 aliphatic rings. The maximum Gasteiger partial charge on any atom is 0.126 e. The van der Waals surface area contributed by atoms with Gasteiger partial charge in [-0.15, -0.1) is 11.6 Å². The number of benzene rings is 2. The first-order chi connectivity index (χ1) is 9.10. The molecule has 0 saturated heterocycles. The van der Waals surface area contributed by atoms with Crippen molar-refractivity contribution in [3.63, 3.8) is 0 Å². The Hall–Kier alpha value is -1.67. The summed E-state index contributed by atoms with van der Waals surface area (Å²) in [5, 5.41) is 0. The lowest BCUT2D eigenvalue weighted by atomic mass is 10.0. The Morgan fingerprint density at radius 2 is 1.74 bits per heavy atom. The van der Waals surface area contributed by atoms with Crippen LogP contribution in [0.5, 0.6) is 0 Å². The average Bonchev–Trinajstić information content (AvgIpc) is 2.36. The van der Waals surface area contributed by atoms with E-state index >= 15 is 0 Å². The standard InChI is InChI=1S/C16H13ClF2/c1-11-4-2-3-5-12(11)6-14(10-17)13-7-15(18)9-16(19)8-13/h2-9H,10H2,1H3. The molecule has 98 valence electrons. The Kier molecular flexibility index (Phi) is 4.33. The molecule has 0 heterocycles. The second-order valence-electron chi connectivity index (χ2n) is 4.32. The number of hydrogen-bond donors (Lipinski definition) is 0. The highest BCUT2D eigenvalue weighted by Gasteiger charge is 2.06. The Bertz CT molecular complexity index is 598. The number of hydrogen-bond acceptors (Lipinski definition) is 0. The van der Waals surface area contributed by atoms with Gasteiger partial charge in [0.2, 0.25) is 0 Å². The topological polar surface area (TPSA) is 0 Å². The van der Waals surface area contributed by atoms with E-state index in [1.54, 1.807) is 0 Å². The number of allylic oxidation sites excluding steroid dienone is 1. The molecule has 0 atom stereocenters. The van der Waals surface area contributed by atoms with Gasteiger partial charge in [-0.3, -0.25) is 0 Å². The van der Waals surface area contributed by atoms with E-state index in [0.717, 1.165) is 17.2 Å². The molecular weight excluding hydrogens is 266 g/mol. The first-order valence-electron chi connectivity index (χ1n) is 5.89. The zero-order valence-corrected chi connectivity index (χ0v) is 11.2. The largest absolute Gasteiger partial charge is 0.207 e. The predicted molar refractivity (Wildman–Crippen MR) is 76.1 cm³/mol. The number of aryl methyl sites for hydroxylation is 1. The summed E-state index contributed by atoms with van der Waals surface area (Å²) in [6.07, 6.45) is 1.86. The summed E-state index contributed by atoms with van der Waals surface area (Å²) < 4.78 is 26.5. The van der Waals surface area contributed by atoms with E-state index in [4.69, 9.17) is 11.6 Å². The Morgan fingerprint density at radius 1 is 1.11 bits per heavy atom. The molecule has 19 heavy (non-hydrogen) atoms. The van der Waals surface area contributed by atoms with Gasteiger partial charge in [-0.25, -0.2) is 8.78 Å². The number of rotatable bonds is 3. The van der Waals surface area contributed by atoms with Crippen LogP contribution in [0.15, 0.2) is 42.5 Å². The fraction of sp³-hybridized carbons (Fsp3) is 0.125. The van der Waals surface area contributed by atoms with Gasteiger partial charge in [-0.2, -0.15) is 0 Å². The molecule has 0 fully saturated rings. The third-order valence-corrected chi connectivity index (χ3v) is 3.18. The van der Waals surface area contributed by atoms with Gasteiger partial charge in [-0.05, 0) is 47.4 Å². The van der Waals surface area contributed by atoms with Crippen LogP contribution < -0.4 is 0 Å². The summed E-state index contributed by atoms with van der Waals surface area (Å²) in [6, 6.07) is 11.2. The lowest BCUT2D eigenvalue weighted by molar-refractivity contribution is 0.582. The zero-order chi connectivity index (χ0) is 13.8. The molecule has 3 heteroatoms. The number of alkyl halides is 1. The van der Waals surface area contributed by atoms with Gasteiger partial charge in [0, 0.05) is 11.9 Å². The van der Waals surface area contributed by atoms with Gasteiger partial charge in [0.15, 0.2) is 0 Å². The van der Waals surface area contributed by atoms with Gasteiger partial charge < -0.3 is 0 Å². The van der Waals surface area contributed by atoms with Crippen LogP contribution in [-0.4, -0.2) is 5.88 Å². The summed E-state index contributed by atoms with van der Waals surface area (Å²) in [6.45, 7) is 1.98. The van der Waals surface area contributed by atoms with Crippen molar-refractivity contribution < 1.29 is 8.78 Å². The minimum absolute atomic E-state index is 0.192. The molecule has 0 N–H and O–H groups in total. The predicted octanol–water partition coefficient (Wildman–Crippen LogP) is 5.05. The molecule has 0 saturated carbocycles. The first-order valence-corrected chi connectivity index (χ1v) is 6.42. The monoisotopic (exact) mass is 278 g/mol. The van der Waals surface area contributed by atoms with Crippen LogP contribution in [-0.2, 0) is 0 Å². The highest BCUT2D eigenvalue weighted by molar-refractivity contribution is 6.24. The molecule has 2 rings (SSSR count). The van der Waals surface area contributed by atoms with E-state index in [1.807, 2.05) is 37.3 Å². The highest BCUT2D eigenvalue weighted by Crippen LogP contribution is 2.23. The molecule has 0 aliphatic heterocycles. The molecule has 0 aromatic heterocycles. The lowest BCUT2D eigenvalue weighted by Crippen LogP contribution is -1.91. The van der Waals surface area contributed by atoms with E-state index in [2.05, 4.69) is 0 Å². The first kappa shape index (κ1) is 13.8. The van der Waals surface area contributed by atoms with Crippen molar-refractivity contribution >= 4 is 23.3 Å². The fourth-order valence-corrected chi connectivity index (χ4v) is 2.11. The smallest absolute Gasteiger partial charge is 0.126 e. The van der Waals surface area contributed by atoms with Crippen LogP contribution in [0.25, 0.3) is 11.6 Å². The maximum atomic E-state index is 13.2. The minimum Gasteiger partial charge on any atom is -0.207 e. The van der Waals surface area contributed by atoms with Gasteiger partial charge in [0.25, 0.3) is 0 Å². The van der Waals surface area contributed by atoms with Gasteiger partial charge >= 0.3 is 0 Å². The average molecular weight is 279 g/mol. The molecule has 0 unspecified atom stereocenters. The molecule has 0 amide bonds. The Morgan fingerprint density at radius 3 is 2.32 bits per heavy atom. The maximum absolute atomic E-state index is 13.2. The normalized spacial score (nSPS) is 11.7. The third-order valence-electron chi connectivity index (χ3n) is 2.90.